The Morgan fingerprint density at radius 3 is 2.81 bits per heavy atom. The highest BCUT2D eigenvalue weighted by Crippen LogP contribution is 2.34. The molecule has 1 N–H and O–H groups in total. The maximum atomic E-state index is 5.26. The van der Waals surface area contributed by atoms with E-state index in [9.17, 15) is 0 Å². The van der Waals surface area contributed by atoms with Crippen LogP contribution in [-0.2, 0) is 13.0 Å². The van der Waals surface area contributed by atoms with Crippen molar-refractivity contribution < 1.29 is 4.74 Å². The Morgan fingerprint density at radius 1 is 1.38 bits per heavy atom. The fraction of sp³-hybridized carbons (Fsp3) is 0.385. The molecule has 1 heterocycles. The quantitative estimate of drug-likeness (QED) is 0.878. The molecule has 0 saturated heterocycles. The number of hydrogen-bond donors (Lipinski definition) is 1. The van der Waals surface area contributed by atoms with Gasteiger partial charge in [-0.25, -0.2) is 0 Å². The molecule has 1 aromatic carbocycles. The summed E-state index contributed by atoms with van der Waals surface area (Å²) in [5.41, 5.74) is 1.47. The first-order valence-corrected chi connectivity index (χ1v) is 6.34. The van der Waals surface area contributed by atoms with Gasteiger partial charge in [0.15, 0.2) is 0 Å². The molecular formula is C13H17NOS. The Morgan fingerprint density at radius 2 is 2.19 bits per heavy atom. The molecule has 0 fully saturated rings. The van der Waals surface area contributed by atoms with E-state index in [4.69, 9.17) is 4.74 Å². The molecule has 0 spiro atoms. The minimum Gasteiger partial charge on any atom is -0.497 e. The summed E-state index contributed by atoms with van der Waals surface area (Å²) in [5.74, 6) is 0.937. The Balaban J connectivity index is 2.57. The number of rotatable bonds is 4. The molecule has 86 valence electrons. The number of nitrogens with one attached hydrogen (secondary N) is 1. The third-order valence-corrected chi connectivity index (χ3v) is 3.97. The molecule has 0 atom stereocenters. The second kappa shape index (κ2) is 4.85. The van der Waals surface area contributed by atoms with Gasteiger partial charge in [-0.3, -0.25) is 0 Å². The van der Waals surface area contributed by atoms with Crippen LogP contribution < -0.4 is 10.1 Å². The van der Waals surface area contributed by atoms with Crippen molar-refractivity contribution in [1.29, 1.82) is 0 Å². The Hall–Kier alpha value is -1.06. The second-order valence-corrected chi connectivity index (χ2v) is 4.89. The van der Waals surface area contributed by atoms with E-state index in [1.54, 1.807) is 7.11 Å². The lowest BCUT2D eigenvalue weighted by atomic mass is 10.1. The van der Waals surface area contributed by atoms with Crippen LogP contribution in [0.3, 0.4) is 0 Å². The smallest absolute Gasteiger partial charge is 0.120 e. The standard InChI is InChI=1S/C13H17NOS/c1-4-10-11-6-5-9(15-3)7-12(11)16-13(10)8-14-2/h5-7,14H,4,8H2,1-3H3. The van der Waals surface area contributed by atoms with E-state index in [0.29, 0.717) is 0 Å². The molecule has 3 heteroatoms. The molecule has 2 rings (SSSR count). The predicted octanol–water partition coefficient (Wildman–Crippen LogP) is 3.19. The van der Waals surface area contributed by atoms with Crippen LogP contribution in [0.4, 0.5) is 0 Å². The normalized spacial score (nSPS) is 10.9. The molecule has 2 nitrogen and oxygen atoms in total. The van der Waals surface area contributed by atoms with Gasteiger partial charge < -0.3 is 10.1 Å². The fourth-order valence-corrected chi connectivity index (χ4v) is 3.33. The van der Waals surface area contributed by atoms with Crippen LogP contribution in [0.1, 0.15) is 17.4 Å². The summed E-state index contributed by atoms with van der Waals surface area (Å²) in [6.45, 7) is 3.16. The molecule has 16 heavy (non-hydrogen) atoms. The van der Waals surface area contributed by atoms with Gasteiger partial charge in [0.1, 0.15) is 5.75 Å². The molecule has 0 amide bonds. The first kappa shape index (κ1) is 11.4. The first-order chi connectivity index (χ1) is 7.80. The maximum absolute atomic E-state index is 5.26. The summed E-state index contributed by atoms with van der Waals surface area (Å²) in [6.07, 6.45) is 1.09. The lowest BCUT2D eigenvalue weighted by Gasteiger charge is -2.01. The van der Waals surface area contributed by atoms with Crippen molar-refractivity contribution in [3.05, 3.63) is 28.6 Å². The average molecular weight is 235 g/mol. The summed E-state index contributed by atoms with van der Waals surface area (Å²) in [4.78, 5) is 1.44. The van der Waals surface area contributed by atoms with Gasteiger partial charge in [-0.05, 0) is 42.6 Å². The predicted molar refractivity (Wildman–Crippen MR) is 70.5 cm³/mol. The van der Waals surface area contributed by atoms with Crippen LogP contribution in [0.25, 0.3) is 10.1 Å². The topological polar surface area (TPSA) is 21.3 Å². The number of benzene rings is 1. The lowest BCUT2D eigenvalue weighted by Crippen LogP contribution is -2.04. The van der Waals surface area contributed by atoms with Crippen molar-refractivity contribution in [1.82, 2.24) is 5.32 Å². The van der Waals surface area contributed by atoms with Gasteiger partial charge in [-0.1, -0.05) is 6.92 Å². The number of methoxy groups -OCH3 is 1. The van der Waals surface area contributed by atoms with Gasteiger partial charge in [-0.15, -0.1) is 11.3 Å². The minimum absolute atomic E-state index is 0.937. The van der Waals surface area contributed by atoms with E-state index in [2.05, 4.69) is 24.4 Å². The second-order valence-electron chi connectivity index (χ2n) is 3.75. The molecule has 0 aliphatic rings. The monoisotopic (exact) mass is 235 g/mol. The van der Waals surface area contributed by atoms with E-state index in [-0.39, 0.29) is 0 Å². The summed E-state index contributed by atoms with van der Waals surface area (Å²) in [7, 11) is 3.70. The van der Waals surface area contributed by atoms with Crippen molar-refractivity contribution in [2.24, 2.45) is 0 Å². The van der Waals surface area contributed by atoms with Crippen molar-refractivity contribution in [3.8, 4) is 5.75 Å². The molecule has 0 aliphatic carbocycles. The zero-order valence-corrected chi connectivity index (χ0v) is 10.8. The fourth-order valence-electron chi connectivity index (χ4n) is 2.00. The molecule has 0 unspecified atom stereocenters. The van der Waals surface area contributed by atoms with Gasteiger partial charge in [0, 0.05) is 16.1 Å². The number of hydrogen-bond acceptors (Lipinski definition) is 3. The van der Waals surface area contributed by atoms with E-state index in [1.165, 1.54) is 20.5 Å². The number of aryl methyl sites for hydroxylation is 1. The summed E-state index contributed by atoms with van der Waals surface area (Å²) < 4.78 is 6.58. The van der Waals surface area contributed by atoms with E-state index in [1.807, 2.05) is 24.5 Å². The highest BCUT2D eigenvalue weighted by atomic mass is 32.1. The lowest BCUT2D eigenvalue weighted by molar-refractivity contribution is 0.415. The molecular weight excluding hydrogens is 218 g/mol. The molecule has 0 aliphatic heterocycles. The SMILES string of the molecule is CCc1c(CNC)sc2cc(OC)ccc12. The van der Waals surface area contributed by atoms with Crippen LogP contribution in [0.5, 0.6) is 5.75 Å². The van der Waals surface area contributed by atoms with Gasteiger partial charge in [0.25, 0.3) is 0 Å². The van der Waals surface area contributed by atoms with Crippen molar-refractivity contribution >= 4 is 21.4 Å². The first-order valence-electron chi connectivity index (χ1n) is 5.53. The molecule has 0 radical (unpaired) electrons. The average Bonchev–Trinajstić information content (AvgIpc) is 2.65. The maximum Gasteiger partial charge on any atom is 0.120 e. The third kappa shape index (κ3) is 1.93. The Kier molecular flexibility index (Phi) is 3.46. The summed E-state index contributed by atoms with van der Waals surface area (Å²) in [5, 5.41) is 4.60. The zero-order chi connectivity index (χ0) is 11.5. The highest BCUT2D eigenvalue weighted by molar-refractivity contribution is 7.19. The zero-order valence-electron chi connectivity index (χ0n) is 9.96. The van der Waals surface area contributed by atoms with E-state index >= 15 is 0 Å². The van der Waals surface area contributed by atoms with Gasteiger partial charge >= 0.3 is 0 Å². The van der Waals surface area contributed by atoms with E-state index in [0.717, 1.165) is 18.7 Å². The van der Waals surface area contributed by atoms with Crippen LogP contribution in [0.15, 0.2) is 18.2 Å². The third-order valence-electron chi connectivity index (χ3n) is 2.77. The largest absolute Gasteiger partial charge is 0.497 e. The number of ether oxygens (including phenoxy) is 1. The van der Waals surface area contributed by atoms with Gasteiger partial charge in [-0.2, -0.15) is 0 Å². The molecule has 1 aromatic heterocycles. The van der Waals surface area contributed by atoms with Crippen LogP contribution in [0, 0.1) is 0 Å². The van der Waals surface area contributed by atoms with Crippen molar-refractivity contribution in [2.75, 3.05) is 14.2 Å². The number of fused-ring (bicyclic) bond motifs is 1. The summed E-state index contributed by atoms with van der Waals surface area (Å²) >= 11 is 1.86. The highest BCUT2D eigenvalue weighted by Gasteiger charge is 2.10. The van der Waals surface area contributed by atoms with Crippen LogP contribution >= 0.6 is 11.3 Å². The van der Waals surface area contributed by atoms with Gasteiger partial charge in [0.2, 0.25) is 0 Å². The Labute approximate surface area is 100 Å². The van der Waals surface area contributed by atoms with Crippen LogP contribution in [0.2, 0.25) is 0 Å². The molecule has 2 aromatic rings. The van der Waals surface area contributed by atoms with Crippen molar-refractivity contribution in [2.45, 2.75) is 19.9 Å². The minimum atomic E-state index is 0.937. The number of thiophene rings is 1. The van der Waals surface area contributed by atoms with E-state index < -0.39 is 0 Å². The van der Waals surface area contributed by atoms with Crippen molar-refractivity contribution in [3.63, 3.8) is 0 Å². The Bertz CT molecular complexity index is 490. The van der Waals surface area contributed by atoms with Crippen LogP contribution in [-0.4, -0.2) is 14.2 Å². The summed E-state index contributed by atoms with van der Waals surface area (Å²) in [6, 6.07) is 6.33. The molecule has 0 saturated carbocycles. The molecule has 0 bridgehead atoms. The van der Waals surface area contributed by atoms with Gasteiger partial charge in [0.05, 0.1) is 7.11 Å².